The first-order valence-corrected chi connectivity index (χ1v) is 18.6. The summed E-state index contributed by atoms with van der Waals surface area (Å²) in [5, 5.41) is 39.7. The van der Waals surface area contributed by atoms with Gasteiger partial charge in [0.1, 0.15) is 30.5 Å². The van der Waals surface area contributed by atoms with Crippen molar-refractivity contribution in [2.45, 2.75) is 198 Å². The second kappa shape index (κ2) is 29.3. The number of rotatable bonds is 31. The van der Waals surface area contributed by atoms with Gasteiger partial charge in [0.25, 0.3) is 0 Å². The Morgan fingerprint density at radius 2 is 1.09 bits per heavy atom. The van der Waals surface area contributed by atoms with Crippen LogP contribution >= 0.6 is 0 Å². The lowest BCUT2D eigenvalue weighted by molar-refractivity contribution is -0.305. The van der Waals surface area contributed by atoms with Crippen LogP contribution in [-0.2, 0) is 23.7 Å². The molecule has 1 fully saturated rings. The van der Waals surface area contributed by atoms with Gasteiger partial charge in [-0.3, -0.25) is 4.79 Å². The van der Waals surface area contributed by atoms with Gasteiger partial charge in [0, 0.05) is 13.0 Å². The summed E-state index contributed by atoms with van der Waals surface area (Å²) in [5.41, 5.74) is 0. The zero-order valence-electron chi connectivity index (χ0n) is 28.9. The Balaban J connectivity index is 2.21. The predicted octanol–water partition coefficient (Wildman–Crippen LogP) is 6.74. The molecule has 1 aliphatic rings. The summed E-state index contributed by atoms with van der Waals surface area (Å²) in [6.07, 6.45) is 20.3. The van der Waals surface area contributed by atoms with Crippen LogP contribution < -0.4 is 0 Å². The number of ether oxygens (including phenoxy) is 4. The smallest absolute Gasteiger partial charge is 0.306 e. The van der Waals surface area contributed by atoms with Crippen molar-refractivity contribution in [1.82, 2.24) is 0 Å². The van der Waals surface area contributed by atoms with Crippen molar-refractivity contribution in [2.75, 3.05) is 26.4 Å². The fourth-order valence-corrected chi connectivity index (χ4v) is 5.78. The monoisotopic (exact) mass is 647 g/mol. The highest BCUT2D eigenvalue weighted by Gasteiger charge is 2.44. The third-order valence-corrected chi connectivity index (χ3v) is 8.77. The molecule has 0 radical (unpaired) electrons. The Labute approximate surface area is 274 Å². The van der Waals surface area contributed by atoms with Gasteiger partial charge in [0.2, 0.25) is 0 Å². The highest BCUT2D eigenvalue weighted by Crippen LogP contribution is 2.22. The van der Waals surface area contributed by atoms with E-state index in [4.69, 9.17) is 18.9 Å². The Bertz CT molecular complexity index is 662. The van der Waals surface area contributed by atoms with Gasteiger partial charge in [0.05, 0.1) is 19.8 Å². The highest BCUT2D eigenvalue weighted by atomic mass is 16.7. The van der Waals surface area contributed by atoms with Crippen molar-refractivity contribution in [3.8, 4) is 0 Å². The van der Waals surface area contributed by atoms with E-state index >= 15 is 0 Å². The minimum absolute atomic E-state index is 0.108. The number of aliphatic hydroxyl groups excluding tert-OH is 4. The van der Waals surface area contributed by atoms with Gasteiger partial charge in [-0.05, 0) is 12.8 Å². The Hall–Kier alpha value is -0.810. The molecule has 268 valence electrons. The van der Waals surface area contributed by atoms with E-state index in [1.165, 1.54) is 96.3 Å². The number of esters is 1. The van der Waals surface area contributed by atoms with Gasteiger partial charge in [-0.25, -0.2) is 0 Å². The SMILES string of the molecule is CCCCCCCCCCCCCCCCCCCOCC(COC1OC(CO)C(O)C(O)C1O)OC(=O)CCCCCCC. The fourth-order valence-electron chi connectivity index (χ4n) is 5.78. The van der Waals surface area contributed by atoms with Crippen molar-refractivity contribution >= 4 is 5.97 Å². The van der Waals surface area contributed by atoms with Gasteiger partial charge >= 0.3 is 5.97 Å². The van der Waals surface area contributed by atoms with E-state index in [0.29, 0.717) is 13.0 Å². The largest absolute Gasteiger partial charge is 0.457 e. The van der Waals surface area contributed by atoms with E-state index in [0.717, 1.165) is 44.9 Å². The zero-order chi connectivity index (χ0) is 33.0. The average Bonchev–Trinajstić information content (AvgIpc) is 3.04. The van der Waals surface area contributed by atoms with Gasteiger partial charge in [0.15, 0.2) is 6.29 Å². The number of unbranched alkanes of at least 4 members (excludes halogenated alkanes) is 20. The number of hydrogen-bond donors (Lipinski definition) is 4. The number of carbonyl (C=O) groups excluding carboxylic acids is 1. The summed E-state index contributed by atoms with van der Waals surface area (Å²) in [7, 11) is 0. The topological polar surface area (TPSA) is 135 Å². The van der Waals surface area contributed by atoms with Crippen LogP contribution in [-0.4, -0.2) is 89.6 Å². The molecule has 9 heteroatoms. The zero-order valence-corrected chi connectivity index (χ0v) is 28.9. The highest BCUT2D eigenvalue weighted by molar-refractivity contribution is 5.69. The minimum Gasteiger partial charge on any atom is -0.457 e. The molecule has 0 spiro atoms. The average molecular weight is 647 g/mol. The molecule has 9 nitrogen and oxygen atoms in total. The summed E-state index contributed by atoms with van der Waals surface area (Å²) in [5.74, 6) is -0.324. The lowest BCUT2D eigenvalue weighted by Gasteiger charge is -2.39. The first-order chi connectivity index (χ1) is 21.9. The van der Waals surface area contributed by atoms with Gasteiger partial charge in [-0.15, -0.1) is 0 Å². The van der Waals surface area contributed by atoms with Crippen LogP contribution in [0.25, 0.3) is 0 Å². The molecule has 0 aliphatic carbocycles. The van der Waals surface area contributed by atoms with Crippen molar-refractivity contribution in [1.29, 1.82) is 0 Å². The Morgan fingerprint density at radius 3 is 1.58 bits per heavy atom. The van der Waals surface area contributed by atoms with E-state index in [-0.39, 0.29) is 19.2 Å². The van der Waals surface area contributed by atoms with Gasteiger partial charge in [-0.1, -0.05) is 142 Å². The first-order valence-electron chi connectivity index (χ1n) is 18.6. The maximum Gasteiger partial charge on any atom is 0.306 e. The molecule has 1 saturated heterocycles. The van der Waals surface area contributed by atoms with E-state index in [2.05, 4.69) is 13.8 Å². The minimum atomic E-state index is -1.53. The molecule has 1 rings (SSSR count). The normalized spacial score (nSPS) is 22.5. The van der Waals surface area contributed by atoms with E-state index < -0.39 is 43.4 Å². The molecule has 6 unspecified atom stereocenters. The maximum absolute atomic E-state index is 12.5. The van der Waals surface area contributed by atoms with Crippen molar-refractivity contribution in [3.05, 3.63) is 0 Å². The third-order valence-electron chi connectivity index (χ3n) is 8.77. The van der Waals surface area contributed by atoms with Crippen LogP contribution in [0.15, 0.2) is 0 Å². The quantitative estimate of drug-likeness (QED) is 0.0477. The first kappa shape index (κ1) is 42.2. The summed E-state index contributed by atoms with van der Waals surface area (Å²) >= 11 is 0. The molecule has 6 atom stereocenters. The standard InChI is InChI=1S/C36H70O9/c1-3-5-7-9-10-11-12-13-14-15-16-17-18-19-20-22-24-26-42-28-30(44-32(38)25-23-21-8-6-4-2)29-43-36-35(41)34(40)33(39)31(27-37)45-36/h30-31,33-37,39-41H,3-29H2,1-2H3. The van der Waals surface area contributed by atoms with Crippen molar-refractivity contribution in [3.63, 3.8) is 0 Å². The van der Waals surface area contributed by atoms with E-state index in [1.54, 1.807) is 0 Å². The molecule has 1 aliphatic heterocycles. The third kappa shape index (κ3) is 21.6. The van der Waals surface area contributed by atoms with Gasteiger partial charge < -0.3 is 39.4 Å². The predicted molar refractivity (Wildman–Crippen MR) is 178 cm³/mol. The number of aliphatic hydroxyl groups is 4. The van der Waals surface area contributed by atoms with Crippen LogP contribution in [0.4, 0.5) is 0 Å². The van der Waals surface area contributed by atoms with E-state index in [9.17, 15) is 25.2 Å². The summed E-state index contributed by atoms with van der Waals surface area (Å²) in [6.45, 7) is 4.48. The molecule has 0 aromatic rings. The summed E-state index contributed by atoms with van der Waals surface area (Å²) in [6, 6.07) is 0. The van der Waals surface area contributed by atoms with E-state index in [1.807, 2.05) is 0 Å². The summed E-state index contributed by atoms with van der Waals surface area (Å²) in [4.78, 5) is 12.5. The van der Waals surface area contributed by atoms with Crippen LogP contribution in [0.3, 0.4) is 0 Å². The molecular weight excluding hydrogens is 576 g/mol. The molecule has 0 bridgehead atoms. The fraction of sp³-hybridized carbons (Fsp3) is 0.972. The molecule has 0 aromatic heterocycles. The molecule has 4 N–H and O–H groups in total. The van der Waals surface area contributed by atoms with Crippen LogP contribution in [0, 0.1) is 0 Å². The molecule has 0 aromatic carbocycles. The van der Waals surface area contributed by atoms with Crippen LogP contribution in [0.2, 0.25) is 0 Å². The Kier molecular flexibility index (Phi) is 27.5. The number of carbonyl (C=O) groups is 1. The summed E-state index contributed by atoms with van der Waals surface area (Å²) < 4.78 is 22.5. The van der Waals surface area contributed by atoms with Crippen molar-refractivity contribution in [2.24, 2.45) is 0 Å². The molecule has 0 amide bonds. The van der Waals surface area contributed by atoms with Crippen LogP contribution in [0.5, 0.6) is 0 Å². The molecular formula is C36H70O9. The van der Waals surface area contributed by atoms with Crippen LogP contribution in [0.1, 0.15) is 162 Å². The molecule has 0 saturated carbocycles. The maximum atomic E-state index is 12.5. The molecule has 1 heterocycles. The number of hydrogen-bond acceptors (Lipinski definition) is 9. The lowest BCUT2D eigenvalue weighted by Crippen LogP contribution is -2.59. The Morgan fingerprint density at radius 1 is 0.622 bits per heavy atom. The molecule has 45 heavy (non-hydrogen) atoms. The second-order valence-electron chi connectivity index (χ2n) is 13.0. The second-order valence-corrected chi connectivity index (χ2v) is 13.0. The van der Waals surface area contributed by atoms with Crippen molar-refractivity contribution < 1.29 is 44.2 Å². The lowest BCUT2D eigenvalue weighted by atomic mass is 9.99. The van der Waals surface area contributed by atoms with Gasteiger partial charge in [-0.2, -0.15) is 0 Å².